The molecule has 2 heterocycles. The van der Waals surface area contributed by atoms with Gasteiger partial charge in [-0.15, -0.1) is 0 Å². The molecule has 1 amide bonds. The number of nitrogens with zero attached hydrogens (tertiary/aromatic N) is 2. The monoisotopic (exact) mass is 471 g/mol. The van der Waals surface area contributed by atoms with Gasteiger partial charge in [0, 0.05) is 11.9 Å². The molecule has 1 aliphatic rings. The molecule has 0 saturated carbocycles. The molecule has 0 spiro atoms. The Labute approximate surface area is 181 Å². The predicted molar refractivity (Wildman–Crippen MR) is 116 cm³/mol. The summed E-state index contributed by atoms with van der Waals surface area (Å²) in [6, 6.07) is 13.0. The van der Waals surface area contributed by atoms with Crippen molar-refractivity contribution in [2.24, 2.45) is 0 Å². The second kappa shape index (κ2) is 8.41. The quantitative estimate of drug-likeness (QED) is 0.588. The molecule has 2 aromatic carbocycles. The largest absolute Gasteiger partial charge is 0.488 e. The molecule has 0 unspecified atom stereocenters. The lowest BCUT2D eigenvalue weighted by molar-refractivity contribution is 0.102. The number of pyridine rings is 1. The van der Waals surface area contributed by atoms with Crippen LogP contribution in [0.4, 0.5) is 21.6 Å². The first kappa shape index (κ1) is 20.3. The van der Waals surface area contributed by atoms with Gasteiger partial charge >= 0.3 is 0 Å². The van der Waals surface area contributed by atoms with Crippen molar-refractivity contribution in [2.45, 2.75) is 13.0 Å². The van der Waals surface area contributed by atoms with Gasteiger partial charge in [0.05, 0.1) is 28.4 Å². The summed E-state index contributed by atoms with van der Waals surface area (Å²) >= 11 is 3.10. The first-order valence-corrected chi connectivity index (χ1v) is 10.1. The van der Waals surface area contributed by atoms with Crippen LogP contribution in [0.1, 0.15) is 15.9 Å². The second-order valence-electron chi connectivity index (χ2n) is 6.95. The Kier molecular flexibility index (Phi) is 5.69. The van der Waals surface area contributed by atoms with E-state index in [4.69, 9.17) is 4.74 Å². The zero-order valence-corrected chi connectivity index (χ0v) is 17.7. The van der Waals surface area contributed by atoms with Crippen LogP contribution in [-0.4, -0.2) is 35.3 Å². The summed E-state index contributed by atoms with van der Waals surface area (Å²) in [5.41, 5.74) is 2.29. The van der Waals surface area contributed by atoms with Crippen molar-refractivity contribution in [3.05, 3.63) is 76.1 Å². The topological polar surface area (TPSA) is 74.7 Å². The van der Waals surface area contributed by atoms with E-state index >= 15 is 0 Å². The summed E-state index contributed by atoms with van der Waals surface area (Å²) in [5, 5.41) is 12.6. The van der Waals surface area contributed by atoms with Crippen LogP contribution in [0, 0.1) is 12.7 Å². The fourth-order valence-corrected chi connectivity index (χ4v) is 3.56. The Morgan fingerprint density at radius 3 is 2.87 bits per heavy atom. The van der Waals surface area contributed by atoms with Gasteiger partial charge in [-0.2, -0.15) is 0 Å². The highest BCUT2D eigenvalue weighted by molar-refractivity contribution is 9.10. The number of carbonyl (C=O) groups is 1. The average molecular weight is 472 g/mol. The highest BCUT2D eigenvalue weighted by Gasteiger charge is 2.32. The Morgan fingerprint density at radius 2 is 2.17 bits per heavy atom. The first-order chi connectivity index (χ1) is 14.5. The SMILES string of the molecule is Cc1ccc(N2c3cccc(C(=O)Nc4ccc(Br)c(F)c4)c3OC[C@@H]2CO)nc1. The third-order valence-electron chi connectivity index (χ3n) is 4.81. The summed E-state index contributed by atoms with van der Waals surface area (Å²) in [7, 11) is 0. The van der Waals surface area contributed by atoms with Crippen molar-refractivity contribution in [1.82, 2.24) is 4.98 Å². The fourth-order valence-electron chi connectivity index (χ4n) is 3.32. The number of ether oxygens (including phenoxy) is 1. The lowest BCUT2D eigenvalue weighted by atomic mass is 10.1. The maximum absolute atomic E-state index is 13.8. The van der Waals surface area contributed by atoms with Crippen molar-refractivity contribution in [2.75, 3.05) is 23.4 Å². The van der Waals surface area contributed by atoms with Gasteiger partial charge in [0.15, 0.2) is 5.75 Å². The second-order valence-corrected chi connectivity index (χ2v) is 7.80. The van der Waals surface area contributed by atoms with E-state index in [9.17, 15) is 14.3 Å². The van der Waals surface area contributed by atoms with Gasteiger partial charge in [0.25, 0.3) is 5.91 Å². The molecule has 2 N–H and O–H groups in total. The minimum Gasteiger partial charge on any atom is -0.488 e. The summed E-state index contributed by atoms with van der Waals surface area (Å²) in [4.78, 5) is 19.3. The maximum Gasteiger partial charge on any atom is 0.259 e. The summed E-state index contributed by atoms with van der Waals surface area (Å²) in [5.74, 6) is 0.144. The number of carbonyl (C=O) groups excluding carboxylic acids is 1. The van der Waals surface area contributed by atoms with Crippen LogP contribution in [-0.2, 0) is 0 Å². The third kappa shape index (κ3) is 3.88. The number of amides is 1. The Balaban J connectivity index is 1.70. The van der Waals surface area contributed by atoms with Gasteiger partial charge in [-0.25, -0.2) is 9.37 Å². The summed E-state index contributed by atoms with van der Waals surface area (Å²) < 4.78 is 20.0. The predicted octanol–water partition coefficient (Wildman–Crippen LogP) is 4.44. The standard InChI is InChI=1S/C22H19BrFN3O3/c1-13-5-8-20(25-10-13)27-15(11-28)12-30-21-16(3-2-4-19(21)27)22(29)26-14-6-7-17(23)18(24)9-14/h2-10,15,28H,11-12H2,1H3,(H,26,29)/t15-/m0/s1. The number of para-hydroxylation sites is 1. The number of nitrogens with one attached hydrogen (secondary N) is 1. The molecule has 154 valence electrons. The number of aryl methyl sites for hydroxylation is 1. The van der Waals surface area contributed by atoms with E-state index in [1.807, 2.05) is 30.0 Å². The highest BCUT2D eigenvalue weighted by atomic mass is 79.9. The number of hydrogen-bond donors (Lipinski definition) is 2. The molecule has 0 fully saturated rings. The molecule has 0 radical (unpaired) electrons. The number of aliphatic hydroxyl groups is 1. The number of hydrogen-bond acceptors (Lipinski definition) is 5. The third-order valence-corrected chi connectivity index (χ3v) is 5.46. The molecule has 8 heteroatoms. The molecular formula is C22H19BrFN3O3. The minimum atomic E-state index is -0.471. The van der Waals surface area contributed by atoms with Crippen molar-refractivity contribution in [1.29, 1.82) is 0 Å². The molecule has 30 heavy (non-hydrogen) atoms. The fraction of sp³-hybridized carbons (Fsp3) is 0.182. The molecule has 3 aromatic rings. The normalized spacial score (nSPS) is 15.3. The molecule has 0 bridgehead atoms. The van der Waals surface area contributed by atoms with E-state index < -0.39 is 11.7 Å². The molecule has 1 atom stereocenters. The Bertz CT molecular complexity index is 1090. The molecule has 6 nitrogen and oxygen atoms in total. The van der Waals surface area contributed by atoms with E-state index in [2.05, 4.69) is 26.2 Å². The Morgan fingerprint density at radius 1 is 1.33 bits per heavy atom. The minimum absolute atomic E-state index is 0.135. The number of rotatable bonds is 4. The van der Waals surface area contributed by atoms with E-state index in [-0.39, 0.29) is 19.3 Å². The van der Waals surface area contributed by atoms with Crippen molar-refractivity contribution in [3.63, 3.8) is 0 Å². The van der Waals surface area contributed by atoms with Gasteiger partial charge in [-0.1, -0.05) is 12.1 Å². The number of fused-ring (bicyclic) bond motifs is 1. The Hall–Kier alpha value is -2.97. The zero-order chi connectivity index (χ0) is 21.3. The van der Waals surface area contributed by atoms with E-state index in [0.717, 1.165) is 5.56 Å². The van der Waals surface area contributed by atoms with Crippen LogP contribution in [0.25, 0.3) is 0 Å². The summed E-state index contributed by atoms with van der Waals surface area (Å²) in [6.45, 7) is 2.00. The first-order valence-electron chi connectivity index (χ1n) is 9.33. The van der Waals surface area contributed by atoms with Crippen molar-refractivity contribution >= 4 is 39.0 Å². The number of aliphatic hydroxyl groups excluding tert-OH is 1. The zero-order valence-electron chi connectivity index (χ0n) is 16.1. The van der Waals surface area contributed by atoms with Gasteiger partial charge in [-0.3, -0.25) is 4.79 Å². The average Bonchev–Trinajstić information content (AvgIpc) is 2.75. The van der Waals surface area contributed by atoms with Gasteiger partial charge in [0.2, 0.25) is 0 Å². The van der Waals surface area contributed by atoms with Gasteiger partial charge in [-0.05, 0) is 64.8 Å². The smallest absolute Gasteiger partial charge is 0.259 e. The molecule has 0 saturated heterocycles. The number of benzene rings is 2. The lowest BCUT2D eigenvalue weighted by Crippen LogP contribution is -2.43. The number of halogens is 2. The van der Waals surface area contributed by atoms with Crippen LogP contribution in [0.2, 0.25) is 0 Å². The number of anilines is 3. The van der Waals surface area contributed by atoms with Crippen molar-refractivity contribution in [3.8, 4) is 5.75 Å². The van der Waals surface area contributed by atoms with Crippen LogP contribution >= 0.6 is 15.9 Å². The van der Waals surface area contributed by atoms with Crippen molar-refractivity contribution < 1.29 is 19.0 Å². The molecule has 0 aliphatic carbocycles. The molecule has 1 aliphatic heterocycles. The van der Waals surface area contributed by atoms with E-state index in [0.29, 0.717) is 33.0 Å². The van der Waals surface area contributed by atoms with E-state index in [1.165, 1.54) is 12.1 Å². The lowest BCUT2D eigenvalue weighted by Gasteiger charge is -2.37. The maximum atomic E-state index is 13.8. The molecule has 1 aromatic heterocycles. The van der Waals surface area contributed by atoms with Crippen LogP contribution in [0.3, 0.4) is 0 Å². The van der Waals surface area contributed by atoms with Crippen LogP contribution in [0.15, 0.2) is 59.2 Å². The molecular weight excluding hydrogens is 453 g/mol. The van der Waals surface area contributed by atoms with Gasteiger partial charge in [0.1, 0.15) is 18.2 Å². The van der Waals surface area contributed by atoms with Gasteiger partial charge < -0.3 is 20.1 Å². The summed E-state index contributed by atoms with van der Waals surface area (Å²) in [6.07, 6.45) is 1.75. The van der Waals surface area contributed by atoms with Crippen LogP contribution < -0.4 is 15.0 Å². The molecule has 4 rings (SSSR count). The van der Waals surface area contributed by atoms with E-state index in [1.54, 1.807) is 24.4 Å². The highest BCUT2D eigenvalue weighted by Crippen LogP contribution is 2.40. The van der Waals surface area contributed by atoms with Crippen LogP contribution in [0.5, 0.6) is 5.75 Å². The number of aromatic nitrogens is 1.